The predicted octanol–water partition coefficient (Wildman–Crippen LogP) is 1.43. The van der Waals surface area contributed by atoms with Gasteiger partial charge in [0.25, 0.3) is 0 Å². The van der Waals surface area contributed by atoms with Crippen LogP contribution in [0.4, 0.5) is 0 Å². The standard InChI is InChI=1S/C11H12N2O2/c14-11(15)6-5-9-7-8-13(12-9)10-3-1-2-4-10/h7-8,10H,1-4H2,(H,14,15). The highest BCUT2D eigenvalue weighted by atomic mass is 16.4. The molecule has 4 nitrogen and oxygen atoms in total. The van der Waals surface area contributed by atoms with E-state index in [9.17, 15) is 4.79 Å². The molecule has 0 saturated heterocycles. The second-order valence-electron chi connectivity index (χ2n) is 3.67. The van der Waals surface area contributed by atoms with Gasteiger partial charge in [0.05, 0.1) is 6.04 Å². The third-order valence-corrected chi connectivity index (χ3v) is 2.60. The summed E-state index contributed by atoms with van der Waals surface area (Å²) in [5.74, 6) is 3.44. The van der Waals surface area contributed by atoms with Gasteiger partial charge in [-0.2, -0.15) is 5.10 Å². The molecule has 0 bridgehead atoms. The van der Waals surface area contributed by atoms with Gasteiger partial charge in [-0.25, -0.2) is 4.79 Å². The molecule has 1 aliphatic carbocycles. The quantitative estimate of drug-likeness (QED) is 0.704. The van der Waals surface area contributed by atoms with Crippen LogP contribution in [0.15, 0.2) is 12.3 Å². The first-order valence-electron chi connectivity index (χ1n) is 5.06. The molecule has 1 fully saturated rings. The Morgan fingerprint density at radius 3 is 2.93 bits per heavy atom. The molecule has 0 radical (unpaired) electrons. The molecule has 1 N–H and O–H groups in total. The molecule has 1 heterocycles. The van der Waals surface area contributed by atoms with Crippen LogP contribution in [-0.4, -0.2) is 20.9 Å². The van der Waals surface area contributed by atoms with E-state index >= 15 is 0 Å². The Labute approximate surface area is 87.9 Å². The van der Waals surface area contributed by atoms with E-state index in [2.05, 4.69) is 16.9 Å². The van der Waals surface area contributed by atoms with Crippen LogP contribution in [0.1, 0.15) is 37.4 Å². The average molecular weight is 204 g/mol. The maximum absolute atomic E-state index is 10.2. The largest absolute Gasteiger partial charge is 0.472 e. The lowest BCUT2D eigenvalue weighted by Gasteiger charge is -2.07. The number of hydrogen-bond acceptors (Lipinski definition) is 2. The van der Waals surface area contributed by atoms with Gasteiger partial charge in [0, 0.05) is 12.1 Å². The number of rotatable bonds is 1. The second kappa shape index (κ2) is 4.18. The van der Waals surface area contributed by atoms with Crippen LogP contribution in [0.2, 0.25) is 0 Å². The molecule has 0 aliphatic heterocycles. The number of nitrogens with zero attached hydrogens (tertiary/aromatic N) is 2. The predicted molar refractivity (Wildman–Crippen MR) is 54.2 cm³/mol. The fraction of sp³-hybridized carbons (Fsp3) is 0.455. The monoisotopic (exact) mass is 204 g/mol. The van der Waals surface area contributed by atoms with Gasteiger partial charge in [0.15, 0.2) is 0 Å². The molecular weight excluding hydrogens is 192 g/mol. The van der Waals surface area contributed by atoms with Crippen molar-refractivity contribution < 1.29 is 9.90 Å². The van der Waals surface area contributed by atoms with Gasteiger partial charge in [-0.15, -0.1) is 0 Å². The number of carboxylic acids is 1. The molecule has 0 aromatic carbocycles. The Morgan fingerprint density at radius 2 is 2.27 bits per heavy atom. The average Bonchev–Trinajstić information content (AvgIpc) is 2.85. The summed E-state index contributed by atoms with van der Waals surface area (Å²) in [5, 5.41) is 12.6. The zero-order valence-corrected chi connectivity index (χ0v) is 8.31. The van der Waals surface area contributed by atoms with Crippen molar-refractivity contribution in [2.24, 2.45) is 0 Å². The van der Waals surface area contributed by atoms with Gasteiger partial charge in [-0.1, -0.05) is 12.8 Å². The van der Waals surface area contributed by atoms with Crippen LogP contribution in [0.25, 0.3) is 0 Å². The molecule has 15 heavy (non-hydrogen) atoms. The van der Waals surface area contributed by atoms with Crippen molar-refractivity contribution in [3.8, 4) is 11.8 Å². The summed E-state index contributed by atoms with van der Waals surface area (Å²) in [6.07, 6.45) is 6.70. The lowest BCUT2D eigenvalue weighted by Crippen LogP contribution is -2.05. The molecule has 0 atom stereocenters. The summed E-state index contributed by atoms with van der Waals surface area (Å²) < 4.78 is 1.90. The fourth-order valence-corrected chi connectivity index (χ4v) is 1.89. The first-order chi connectivity index (χ1) is 7.25. The van der Waals surface area contributed by atoms with Crippen molar-refractivity contribution in [1.29, 1.82) is 0 Å². The summed E-state index contributed by atoms with van der Waals surface area (Å²) in [6.45, 7) is 0. The molecule has 4 heteroatoms. The van der Waals surface area contributed by atoms with Crippen LogP contribution in [-0.2, 0) is 4.79 Å². The van der Waals surface area contributed by atoms with E-state index in [-0.39, 0.29) is 0 Å². The number of carbonyl (C=O) groups is 1. The molecule has 1 saturated carbocycles. The number of aromatic nitrogens is 2. The van der Waals surface area contributed by atoms with Crippen LogP contribution in [0, 0.1) is 11.8 Å². The molecule has 0 amide bonds. The third kappa shape index (κ3) is 2.38. The molecule has 1 aromatic heterocycles. The second-order valence-corrected chi connectivity index (χ2v) is 3.67. The van der Waals surface area contributed by atoms with Crippen LogP contribution in [0.3, 0.4) is 0 Å². The van der Waals surface area contributed by atoms with Gasteiger partial charge in [0.2, 0.25) is 0 Å². The Morgan fingerprint density at radius 1 is 1.53 bits per heavy atom. The van der Waals surface area contributed by atoms with Crippen LogP contribution in [0.5, 0.6) is 0 Å². The minimum Gasteiger partial charge on any atom is -0.472 e. The number of carboxylic acid groups (broad SMARTS) is 1. The number of aliphatic carboxylic acids is 1. The normalized spacial score (nSPS) is 16.0. The zero-order chi connectivity index (χ0) is 10.7. The van der Waals surface area contributed by atoms with E-state index in [4.69, 9.17) is 5.11 Å². The van der Waals surface area contributed by atoms with E-state index in [0.717, 1.165) is 12.8 Å². The van der Waals surface area contributed by atoms with Crippen LogP contribution < -0.4 is 0 Å². The Bertz CT molecular complexity index is 419. The van der Waals surface area contributed by atoms with Gasteiger partial charge in [-0.3, -0.25) is 4.68 Å². The van der Waals surface area contributed by atoms with E-state index < -0.39 is 5.97 Å². The van der Waals surface area contributed by atoms with Gasteiger partial charge in [0.1, 0.15) is 5.69 Å². The molecule has 78 valence electrons. The summed E-state index contributed by atoms with van der Waals surface area (Å²) in [4.78, 5) is 10.2. The maximum Gasteiger partial charge on any atom is 0.382 e. The smallest absolute Gasteiger partial charge is 0.382 e. The Kier molecular flexibility index (Phi) is 2.72. The van der Waals surface area contributed by atoms with E-state index in [0.29, 0.717) is 11.7 Å². The van der Waals surface area contributed by atoms with E-state index in [1.807, 2.05) is 10.9 Å². The van der Waals surface area contributed by atoms with Crippen molar-refractivity contribution in [3.05, 3.63) is 18.0 Å². The first kappa shape index (κ1) is 9.78. The van der Waals surface area contributed by atoms with Gasteiger partial charge < -0.3 is 5.11 Å². The zero-order valence-electron chi connectivity index (χ0n) is 8.31. The van der Waals surface area contributed by atoms with Crippen molar-refractivity contribution in [1.82, 2.24) is 9.78 Å². The maximum atomic E-state index is 10.2. The van der Waals surface area contributed by atoms with Crippen molar-refractivity contribution in [2.45, 2.75) is 31.7 Å². The minimum atomic E-state index is -1.12. The van der Waals surface area contributed by atoms with E-state index in [1.54, 1.807) is 6.07 Å². The van der Waals surface area contributed by atoms with Crippen LogP contribution >= 0.6 is 0 Å². The summed E-state index contributed by atoms with van der Waals surface area (Å²) >= 11 is 0. The molecule has 2 rings (SSSR count). The lowest BCUT2D eigenvalue weighted by molar-refractivity contribution is -0.130. The summed E-state index contributed by atoms with van der Waals surface area (Å²) in [7, 11) is 0. The first-order valence-corrected chi connectivity index (χ1v) is 5.06. The van der Waals surface area contributed by atoms with E-state index in [1.165, 1.54) is 12.8 Å². The van der Waals surface area contributed by atoms with Crippen molar-refractivity contribution >= 4 is 5.97 Å². The Hall–Kier alpha value is -1.76. The van der Waals surface area contributed by atoms with Gasteiger partial charge >= 0.3 is 5.97 Å². The molecule has 0 unspecified atom stereocenters. The third-order valence-electron chi connectivity index (χ3n) is 2.60. The topological polar surface area (TPSA) is 55.1 Å². The highest BCUT2D eigenvalue weighted by molar-refractivity contribution is 5.87. The molecular formula is C11H12N2O2. The highest BCUT2D eigenvalue weighted by Crippen LogP contribution is 2.28. The summed E-state index contributed by atoms with van der Waals surface area (Å²) in [6, 6.07) is 2.24. The Balaban J connectivity index is 2.10. The molecule has 1 aliphatic rings. The molecule has 1 aromatic rings. The fourth-order valence-electron chi connectivity index (χ4n) is 1.89. The minimum absolute atomic E-state index is 0.477. The highest BCUT2D eigenvalue weighted by Gasteiger charge is 2.17. The number of hydrogen-bond donors (Lipinski definition) is 1. The van der Waals surface area contributed by atoms with Crippen molar-refractivity contribution in [3.63, 3.8) is 0 Å². The lowest BCUT2D eigenvalue weighted by atomic mass is 10.3. The summed E-state index contributed by atoms with van der Waals surface area (Å²) in [5.41, 5.74) is 0.532. The molecule has 0 spiro atoms. The van der Waals surface area contributed by atoms with Gasteiger partial charge in [-0.05, 0) is 24.8 Å². The van der Waals surface area contributed by atoms with Crippen molar-refractivity contribution in [2.75, 3.05) is 0 Å². The SMILES string of the molecule is O=C(O)C#Cc1ccn(C2CCCC2)n1.